The second kappa shape index (κ2) is 4.79. The van der Waals surface area contributed by atoms with Crippen molar-refractivity contribution >= 4 is 5.82 Å². The summed E-state index contributed by atoms with van der Waals surface area (Å²) in [4.78, 5) is 4.83. The molecule has 0 aliphatic heterocycles. The summed E-state index contributed by atoms with van der Waals surface area (Å²) in [6, 6.07) is 0.506. The van der Waals surface area contributed by atoms with E-state index < -0.39 is 0 Å². The highest BCUT2D eigenvalue weighted by Gasteiger charge is 2.32. The fourth-order valence-electron chi connectivity index (χ4n) is 2.91. The summed E-state index contributed by atoms with van der Waals surface area (Å²) in [5, 5.41) is 4.43. The summed E-state index contributed by atoms with van der Waals surface area (Å²) in [5.41, 5.74) is 9.01. The molecule has 0 unspecified atom stereocenters. The Balaban J connectivity index is 2.22. The fourth-order valence-corrected chi connectivity index (χ4v) is 2.91. The number of ether oxygens (including phenoxy) is 1. The number of hydrogen-bond acceptors (Lipinski definition) is 4. The number of hydrogen-bond donors (Lipinski definition) is 1. The van der Waals surface area contributed by atoms with Crippen LogP contribution < -0.4 is 10.5 Å². The Morgan fingerprint density at radius 3 is 2.52 bits per heavy atom. The predicted molar refractivity (Wildman–Crippen MR) is 82.5 cm³/mol. The minimum absolute atomic E-state index is 0.338. The van der Waals surface area contributed by atoms with Gasteiger partial charge in [-0.05, 0) is 19.8 Å². The normalized spacial score (nSPS) is 15.0. The van der Waals surface area contributed by atoms with Gasteiger partial charge in [-0.15, -0.1) is 0 Å². The molecule has 2 aromatic heterocycles. The van der Waals surface area contributed by atoms with Gasteiger partial charge in [0.25, 0.3) is 0 Å². The van der Waals surface area contributed by atoms with Gasteiger partial charge in [-0.2, -0.15) is 5.10 Å². The Morgan fingerprint density at radius 2 is 2.00 bits per heavy atom. The number of rotatable bonds is 4. The molecule has 1 aliphatic rings. The third kappa shape index (κ3) is 2.09. The molecule has 2 N–H and O–H groups in total. The SMILES string of the molecule is COc1c(-c2nc(C(C)C)n(C3CC3)c2N)c(C)nn1C. The molecule has 0 atom stereocenters. The Hall–Kier alpha value is -1.98. The molecule has 6 heteroatoms. The lowest BCUT2D eigenvalue weighted by Crippen LogP contribution is -2.06. The lowest BCUT2D eigenvalue weighted by Gasteiger charge is -2.10. The quantitative estimate of drug-likeness (QED) is 0.939. The molecule has 0 spiro atoms. The number of nitrogens with zero attached hydrogens (tertiary/aromatic N) is 4. The zero-order valence-electron chi connectivity index (χ0n) is 13.3. The molecule has 3 rings (SSSR count). The smallest absolute Gasteiger partial charge is 0.221 e. The summed E-state index contributed by atoms with van der Waals surface area (Å²) in [7, 11) is 3.52. The van der Waals surface area contributed by atoms with E-state index in [1.54, 1.807) is 11.8 Å². The van der Waals surface area contributed by atoms with Crippen LogP contribution in [0, 0.1) is 6.92 Å². The maximum absolute atomic E-state index is 6.42. The van der Waals surface area contributed by atoms with Gasteiger partial charge in [-0.25, -0.2) is 9.67 Å². The molecule has 0 amide bonds. The molecule has 2 heterocycles. The second-order valence-electron chi connectivity index (χ2n) is 6.05. The standard InChI is InChI=1S/C15H23N5O/c1-8(2)14-17-12(13(16)20(14)10-6-7-10)11-9(3)18-19(4)15(11)21-5/h8,10H,6-7,16H2,1-5H3. The number of aryl methyl sites for hydroxylation is 2. The molecule has 1 saturated carbocycles. The van der Waals surface area contributed by atoms with Crippen LogP contribution in [0.2, 0.25) is 0 Å². The highest BCUT2D eigenvalue weighted by Crippen LogP contribution is 2.44. The topological polar surface area (TPSA) is 70.9 Å². The Bertz CT molecular complexity index is 679. The average Bonchev–Trinajstić information content (AvgIpc) is 3.13. The van der Waals surface area contributed by atoms with Crippen molar-refractivity contribution in [3.8, 4) is 17.1 Å². The van der Waals surface area contributed by atoms with E-state index >= 15 is 0 Å². The van der Waals surface area contributed by atoms with E-state index in [0.717, 1.165) is 28.6 Å². The first kappa shape index (κ1) is 14.0. The lowest BCUT2D eigenvalue weighted by molar-refractivity contribution is 0.374. The van der Waals surface area contributed by atoms with E-state index in [9.17, 15) is 0 Å². The van der Waals surface area contributed by atoms with E-state index in [4.69, 9.17) is 15.5 Å². The van der Waals surface area contributed by atoms with Crippen molar-refractivity contribution in [1.29, 1.82) is 0 Å². The predicted octanol–water partition coefficient (Wildman–Crippen LogP) is 2.64. The van der Waals surface area contributed by atoms with E-state index in [2.05, 4.69) is 23.5 Å². The number of nitrogen functional groups attached to an aromatic ring is 1. The van der Waals surface area contributed by atoms with E-state index in [1.165, 1.54) is 12.8 Å². The highest BCUT2D eigenvalue weighted by atomic mass is 16.5. The monoisotopic (exact) mass is 289 g/mol. The molecule has 6 nitrogen and oxygen atoms in total. The van der Waals surface area contributed by atoms with Crippen LogP contribution in [0.3, 0.4) is 0 Å². The summed E-state index contributed by atoms with van der Waals surface area (Å²) < 4.78 is 9.42. The number of imidazole rings is 1. The molecule has 21 heavy (non-hydrogen) atoms. The van der Waals surface area contributed by atoms with Crippen molar-refractivity contribution < 1.29 is 4.74 Å². The minimum Gasteiger partial charge on any atom is -0.481 e. The summed E-state index contributed by atoms with van der Waals surface area (Å²) in [6.45, 7) is 6.26. The van der Waals surface area contributed by atoms with Crippen LogP contribution in [-0.4, -0.2) is 26.4 Å². The van der Waals surface area contributed by atoms with Crippen molar-refractivity contribution in [3.05, 3.63) is 11.5 Å². The number of aromatic nitrogens is 4. The molecule has 0 aromatic carbocycles. The zero-order valence-corrected chi connectivity index (χ0v) is 13.3. The molecule has 0 saturated heterocycles. The van der Waals surface area contributed by atoms with E-state index in [0.29, 0.717) is 17.8 Å². The Morgan fingerprint density at radius 1 is 1.33 bits per heavy atom. The molecule has 1 aliphatic carbocycles. The Kier molecular flexibility index (Phi) is 3.19. The van der Waals surface area contributed by atoms with Crippen molar-refractivity contribution in [2.24, 2.45) is 7.05 Å². The maximum atomic E-state index is 6.42. The maximum Gasteiger partial charge on any atom is 0.221 e. The summed E-state index contributed by atoms with van der Waals surface area (Å²) in [6.07, 6.45) is 2.37. The fraction of sp³-hybridized carbons (Fsp3) is 0.600. The second-order valence-corrected chi connectivity index (χ2v) is 6.05. The molecule has 1 fully saturated rings. The van der Waals surface area contributed by atoms with Crippen LogP contribution in [0.5, 0.6) is 5.88 Å². The van der Waals surface area contributed by atoms with Crippen molar-refractivity contribution in [2.45, 2.75) is 45.6 Å². The minimum atomic E-state index is 0.338. The molecular weight excluding hydrogens is 266 g/mol. The van der Waals surface area contributed by atoms with Crippen LogP contribution in [0.25, 0.3) is 11.3 Å². The molecule has 0 radical (unpaired) electrons. The van der Waals surface area contributed by atoms with Crippen LogP contribution in [-0.2, 0) is 7.05 Å². The average molecular weight is 289 g/mol. The first-order valence-electron chi connectivity index (χ1n) is 7.41. The molecule has 2 aromatic rings. The van der Waals surface area contributed by atoms with Gasteiger partial charge in [0.05, 0.1) is 18.4 Å². The van der Waals surface area contributed by atoms with Crippen LogP contribution in [0.1, 0.15) is 50.2 Å². The number of methoxy groups -OCH3 is 1. The molecule has 114 valence electrons. The van der Waals surface area contributed by atoms with Gasteiger partial charge < -0.3 is 15.0 Å². The first-order valence-corrected chi connectivity index (χ1v) is 7.41. The van der Waals surface area contributed by atoms with Crippen LogP contribution >= 0.6 is 0 Å². The third-order valence-corrected chi connectivity index (χ3v) is 4.00. The van der Waals surface area contributed by atoms with Crippen LogP contribution in [0.15, 0.2) is 0 Å². The largest absolute Gasteiger partial charge is 0.481 e. The first-order chi connectivity index (χ1) is 9.95. The van der Waals surface area contributed by atoms with Gasteiger partial charge in [-0.1, -0.05) is 13.8 Å². The molecule has 0 bridgehead atoms. The van der Waals surface area contributed by atoms with Crippen molar-refractivity contribution in [1.82, 2.24) is 19.3 Å². The van der Waals surface area contributed by atoms with Gasteiger partial charge in [0.2, 0.25) is 5.88 Å². The van der Waals surface area contributed by atoms with Crippen molar-refractivity contribution in [3.63, 3.8) is 0 Å². The summed E-state index contributed by atoms with van der Waals surface area (Å²) in [5.74, 6) is 2.82. The van der Waals surface area contributed by atoms with Gasteiger partial charge in [0.15, 0.2) is 0 Å². The summed E-state index contributed by atoms with van der Waals surface area (Å²) >= 11 is 0. The van der Waals surface area contributed by atoms with Crippen LogP contribution in [0.4, 0.5) is 5.82 Å². The zero-order chi connectivity index (χ0) is 15.3. The third-order valence-electron chi connectivity index (χ3n) is 4.00. The van der Waals surface area contributed by atoms with Gasteiger partial charge >= 0.3 is 0 Å². The van der Waals surface area contributed by atoms with Crippen molar-refractivity contribution in [2.75, 3.05) is 12.8 Å². The number of nitrogens with two attached hydrogens (primary N) is 1. The lowest BCUT2D eigenvalue weighted by atomic mass is 10.2. The highest BCUT2D eigenvalue weighted by molar-refractivity contribution is 5.77. The Labute approximate surface area is 124 Å². The van der Waals surface area contributed by atoms with E-state index in [1.807, 2.05) is 14.0 Å². The van der Waals surface area contributed by atoms with Gasteiger partial charge in [0, 0.05) is 19.0 Å². The van der Waals surface area contributed by atoms with E-state index in [-0.39, 0.29) is 0 Å². The van der Waals surface area contributed by atoms with Gasteiger partial charge in [-0.3, -0.25) is 0 Å². The molecular formula is C15H23N5O. The number of anilines is 1. The van der Waals surface area contributed by atoms with Gasteiger partial charge in [0.1, 0.15) is 17.3 Å².